The summed E-state index contributed by atoms with van der Waals surface area (Å²) in [6.07, 6.45) is 0.294. The topological polar surface area (TPSA) is 195 Å². The Morgan fingerprint density at radius 1 is 1.23 bits per heavy atom. The number of carboxylic acids is 1. The van der Waals surface area contributed by atoms with Crippen molar-refractivity contribution in [3.05, 3.63) is 43.0 Å². The summed E-state index contributed by atoms with van der Waals surface area (Å²) < 4.78 is 26.2. The van der Waals surface area contributed by atoms with Gasteiger partial charge in [0.2, 0.25) is 0 Å². The van der Waals surface area contributed by atoms with Gasteiger partial charge in [-0.15, -0.1) is 0 Å². The molecule has 35 heavy (non-hydrogen) atoms. The number of rotatable bonds is 9. The fourth-order valence-corrected chi connectivity index (χ4v) is 5.81. The normalized spacial score (nSPS) is 26.9. The van der Waals surface area contributed by atoms with Gasteiger partial charge < -0.3 is 30.1 Å². The number of nitrogens with one attached hydrogen (secondary N) is 1. The molecule has 1 saturated carbocycles. The van der Waals surface area contributed by atoms with Crippen molar-refractivity contribution in [2.45, 2.75) is 38.1 Å². The number of aliphatic hydroxyl groups is 2. The second-order valence-electron chi connectivity index (χ2n) is 8.46. The maximum Gasteiger partial charge on any atom is 0.459 e. The van der Waals surface area contributed by atoms with Crippen LogP contribution in [0.2, 0.25) is 0 Å². The van der Waals surface area contributed by atoms with Gasteiger partial charge in [0.05, 0.1) is 25.1 Å². The second-order valence-corrected chi connectivity index (χ2v) is 10.2. The Kier molecular flexibility index (Phi) is 7.06. The number of carboxylic acid groups (broad SMARTS) is 1. The molecular weight excluding hydrogens is 479 g/mol. The predicted octanol–water partition coefficient (Wildman–Crippen LogP) is 1.20. The van der Waals surface area contributed by atoms with Gasteiger partial charge in [-0.2, -0.15) is 5.09 Å². The summed E-state index contributed by atoms with van der Waals surface area (Å²) in [4.78, 5) is 23.7. The third-order valence-electron chi connectivity index (χ3n) is 6.19. The first-order valence-electron chi connectivity index (χ1n) is 10.9. The molecule has 2 aromatic heterocycles. The number of nitrogen functional groups attached to an aromatic ring is 1. The maximum absolute atomic E-state index is 13.5. The third-order valence-corrected chi connectivity index (χ3v) is 7.83. The van der Waals surface area contributed by atoms with Crippen molar-refractivity contribution in [3.63, 3.8) is 0 Å². The number of aliphatic carboxylic acids is 1. The number of carbonyl (C=O) groups is 1. The second kappa shape index (κ2) is 9.88. The quantitative estimate of drug-likeness (QED) is 0.261. The zero-order valence-electron chi connectivity index (χ0n) is 19.0. The van der Waals surface area contributed by atoms with Crippen LogP contribution in [0.4, 0.5) is 5.82 Å². The molecule has 188 valence electrons. The van der Waals surface area contributed by atoms with Gasteiger partial charge in [-0.3, -0.25) is 9.32 Å². The zero-order chi connectivity index (χ0) is 25.3. The van der Waals surface area contributed by atoms with Crippen LogP contribution in [0, 0.1) is 11.8 Å². The summed E-state index contributed by atoms with van der Waals surface area (Å²) >= 11 is 0. The number of anilines is 1. The molecule has 0 saturated heterocycles. The fourth-order valence-electron chi connectivity index (χ4n) is 4.27. The average Bonchev–Trinajstić information content (AvgIpc) is 3.32. The summed E-state index contributed by atoms with van der Waals surface area (Å²) in [5.41, 5.74) is 6.63. The molecule has 14 heteroatoms. The zero-order valence-corrected chi connectivity index (χ0v) is 19.9. The molecule has 4 rings (SSSR count). The Balaban J connectivity index is 1.56. The standard InChI is InChI=1S/C21H27N6O7P/c1-11-14(8-33-35(32,26-12(2)21(30)31)34-13-6-4-3-5-7-13)17(28)18(29)16(11)27-10-25-15-19(22)23-9-24-20(15)27/h3-7,9-12,14,16-18,28-29H,8H2,1-2H3,(H,26,32)(H,30,31)(H2,22,23,24)/t11?,12?,14-,16+,17+,18-,35-/m0/s1. The molecule has 2 heterocycles. The largest absolute Gasteiger partial charge is 0.480 e. The van der Waals surface area contributed by atoms with E-state index in [-0.39, 0.29) is 18.2 Å². The van der Waals surface area contributed by atoms with E-state index in [1.165, 1.54) is 19.6 Å². The van der Waals surface area contributed by atoms with Gasteiger partial charge in [0.15, 0.2) is 11.5 Å². The Morgan fingerprint density at radius 2 is 1.94 bits per heavy atom. The molecule has 1 aliphatic carbocycles. The van der Waals surface area contributed by atoms with E-state index in [2.05, 4.69) is 20.0 Å². The SMILES string of the molecule is CC(N[P@](=O)(OC[C@H]1C(C)[C@@H](n2cnc3c(N)ncnc32)[C@H](O)[C@@H]1O)Oc1ccccc1)C(=O)O. The van der Waals surface area contributed by atoms with Crippen LogP contribution in [0.25, 0.3) is 11.2 Å². The van der Waals surface area contributed by atoms with E-state index in [0.29, 0.717) is 11.2 Å². The number of nitrogens with two attached hydrogens (primary N) is 1. The number of benzene rings is 1. The van der Waals surface area contributed by atoms with Gasteiger partial charge in [-0.25, -0.2) is 19.5 Å². The number of nitrogens with zero attached hydrogens (tertiary/aromatic N) is 4. The van der Waals surface area contributed by atoms with Gasteiger partial charge in [0.1, 0.15) is 29.7 Å². The fraction of sp³-hybridized carbons (Fsp3) is 0.429. The highest BCUT2D eigenvalue weighted by atomic mass is 31.2. The third kappa shape index (κ3) is 5.00. The van der Waals surface area contributed by atoms with Crippen LogP contribution in [0.15, 0.2) is 43.0 Å². The van der Waals surface area contributed by atoms with Crippen LogP contribution in [0.1, 0.15) is 19.9 Å². The van der Waals surface area contributed by atoms with Gasteiger partial charge in [-0.1, -0.05) is 25.1 Å². The van der Waals surface area contributed by atoms with Crippen LogP contribution in [-0.4, -0.2) is 65.7 Å². The molecule has 0 amide bonds. The number of aliphatic hydroxyl groups excluding tert-OH is 2. The van der Waals surface area contributed by atoms with Crippen LogP contribution in [0.5, 0.6) is 5.75 Å². The average molecular weight is 506 g/mol. The lowest BCUT2D eigenvalue weighted by molar-refractivity contribution is -0.138. The molecule has 7 atom stereocenters. The van der Waals surface area contributed by atoms with Crippen molar-refractivity contribution in [2.24, 2.45) is 11.8 Å². The Hall–Kier alpha value is -3.09. The van der Waals surface area contributed by atoms with E-state index in [9.17, 15) is 24.7 Å². The molecule has 0 aliphatic heterocycles. The Bertz CT molecular complexity index is 1240. The Morgan fingerprint density at radius 3 is 2.63 bits per heavy atom. The lowest BCUT2D eigenvalue weighted by Crippen LogP contribution is -2.35. The van der Waals surface area contributed by atoms with E-state index in [1.54, 1.807) is 41.8 Å². The van der Waals surface area contributed by atoms with Crippen LogP contribution >= 0.6 is 7.75 Å². The minimum atomic E-state index is -4.18. The molecule has 0 spiro atoms. The van der Waals surface area contributed by atoms with Crippen molar-refractivity contribution < 1.29 is 33.7 Å². The monoisotopic (exact) mass is 506 g/mol. The lowest BCUT2D eigenvalue weighted by Gasteiger charge is -2.26. The molecule has 1 aliphatic rings. The molecule has 3 aromatic rings. The van der Waals surface area contributed by atoms with E-state index < -0.39 is 49.8 Å². The number of aromatic nitrogens is 4. The minimum Gasteiger partial charge on any atom is -0.480 e. The number of imidazole rings is 1. The summed E-state index contributed by atoms with van der Waals surface area (Å²) in [6, 6.07) is 6.28. The van der Waals surface area contributed by atoms with Crippen molar-refractivity contribution in [2.75, 3.05) is 12.3 Å². The highest BCUT2D eigenvalue weighted by molar-refractivity contribution is 7.52. The Labute approximate surface area is 200 Å². The number of fused-ring (bicyclic) bond motifs is 1. The first-order valence-corrected chi connectivity index (χ1v) is 12.4. The molecule has 13 nitrogen and oxygen atoms in total. The van der Waals surface area contributed by atoms with Gasteiger partial charge >= 0.3 is 13.7 Å². The molecular formula is C21H27N6O7P. The van der Waals surface area contributed by atoms with E-state index in [4.69, 9.17) is 14.8 Å². The molecule has 1 fully saturated rings. The number of hydrogen-bond donors (Lipinski definition) is 5. The summed E-state index contributed by atoms with van der Waals surface area (Å²) in [5.74, 6) is -1.92. The maximum atomic E-state index is 13.5. The first kappa shape index (κ1) is 25.0. The van der Waals surface area contributed by atoms with E-state index >= 15 is 0 Å². The molecule has 6 N–H and O–H groups in total. The number of hydrogen-bond acceptors (Lipinski definition) is 10. The molecule has 1 aromatic carbocycles. The van der Waals surface area contributed by atoms with Crippen molar-refractivity contribution in [3.8, 4) is 5.75 Å². The van der Waals surface area contributed by atoms with Crippen LogP contribution in [0.3, 0.4) is 0 Å². The molecule has 0 radical (unpaired) electrons. The van der Waals surface area contributed by atoms with Crippen LogP contribution < -0.4 is 15.3 Å². The molecule has 2 unspecified atom stereocenters. The smallest absolute Gasteiger partial charge is 0.459 e. The first-order chi connectivity index (χ1) is 16.6. The summed E-state index contributed by atoms with van der Waals surface area (Å²) in [5, 5.41) is 33.3. The van der Waals surface area contributed by atoms with E-state index in [0.717, 1.165) is 0 Å². The van der Waals surface area contributed by atoms with Crippen molar-refractivity contribution in [1.29, 1.82) is 0 Å². The van der Waals surface area contributed by atoms with Crippen molar-refractivity contribution in [1.82, 2.24) is 24.6 Å². The van der Waals surface area contributed by atoms with Gasteiger partial charge in [0, 0.05) is 5.92 Å². The van der Waals surface area contributed by atoms with Crippen LogP contribution in [-0.2, 0) is 13.9 Å². The van der Waals surface area contributed by atoms with Gasteiger partial charge in [-0.05, 0) is 25.0 Å². The summed E-state index contributed by atoms with van der Waals surface area (Å²) in [6.45, 7) is 2.81. The molecule has 0 bridgehead atoms. The predicted molar refractivity (Wildman–Crippen MR) is 124 cm³/mol. The van der Waals surface area contributed by atoms with Gasteiger partial charge in [0.25, 0.3) is 0 Å². The highest BCUT2D eigenvalue weighted by Crippen LogP contribution is 2.48. The highest BCUT2D eigenvalue weighted by Gasteiger charge is 2.49. The van der Waals surface area contributed by atoms with E-state index in [1.807, 2.05) is 0 Å². The summed E-state index contributed by atoms with van der Waals surface area (Å²) in [7, 11) is -4.18. The number of para-hydroxylation sites is 1. The minimum absolute atomic E-state index is 0.187. The van der Waals surface area contributed by atoms with Crippen molar-refractivity contribution >= 4 is 30.7 Å². The lowest BCUT2D eigenvalue weighted by atomic mass is 9.95.